The smallest absolute Gasteiger partial charge is 0.339 e. The SMILES string of the molecule is CCCOC(=O)c1cc(NC(=O)CN2C(=O)S/C(=C\c3ccc(OCC(C)C)c(OCC)c3)C2=O)ccc1Cl. The summed E-state index contributed by atoms with van der Waals surface area (Å²) < 4.78 is 16.6. The number of halogens is 1. The van der Waals surface area contributed by atoms with Crippen molar-refractivity contribution in [2.75, 3.05) is 31.7 Å². The van der Waals surface area contributed by atoms with Crippen molar-refractivity contribution in [2.24, 2.45) is 5.92 Å². The number of anilines is 1. The number of nitrogens with zero attached hydrogens (tertiary/aromatic N) is 1. The topological polar surface area (TPSA) is 111 Å². The number of amides is 3. The van der Waals surface area contributed by atoms with Crippen LogP contribution >= 0.6 is 23.4 Å². The minimum Gasteiger partial charge on any atom is -0.490 e. The third kappa shape index (κ3) is 8.24. The zero-order valence-corrected chi connectivity index (χ0v) is 23.8. The molecule has 1 saturated heterocycles. The summed E-state index contributed by atoms with van der Waals surface area (Å²) in [6, 6.07) is 9.62. The molecule has 208 valence electrons. The van der Waals surface area contributed by atoms with Crippen LogP contribution in [0.1, 0.15) is 50.0 Å². The number of carbonyl (C=O) groups is 4. The van der Waals surface area contributed by atoms with Gasteiger partial charge in [0.2, 0.25) is 5.91 Å². The molecule has 1 N–H and O–H groups in total. The highest BCUT2D eigenvalue weighted by atomic mass is 35.5. The quantitative estimate of drug-likeness (QED) is 0.242. The van der Waals surface area contributed by atoms with E-state index in [9.17, 15) is 19.2 Å². The highest BCUT2D eigenvalue weighted by Crippen LogP contribution is 2.35. The number of thioether (sulfide) groups is 1. The van der Waals surface area contributed by atoms with E-state index < -0.39 is 29.6 Å². The minimum atomic E-state index is -0.612. The lowest BCUT2D eigenvalue weighted by molar-refractivity contribution is -0.127. The van der Waals surface area contributed by atoms with Gasteiger partial charge in [0, 0.05) is 5.69 Å². The summed E-state index contributed by atoms with van der Waals surface area (Å²) >= 11 is 6.84. The van der Waals surface area contributed by atoms with Crippen molar-refractivity contribution >= 4 is 58.1 Å². The van der Waals surface area contributed by atoms with Gasteiger partial charge in [0.05, 0.1) is 35.3 Å². The summed E-state index contributed by atoms with van der Waals surface area (Å²) in [7, 11) is 0. The number of rotatable bonds is 12. The van der Waals surface area contributed by atoms with Gasteiger partial charge in [0.25, 0.3) is 11.1 Å². The fourth-order valence-electron chi connectivity index (χ4n) is 3.42. The van der Waals surface area contributed by atoms with Gasteiger partial charge < -0.3 is 19.5 Å². The molecule has 1 heterocycles. The van der Waals surface area contributed by atoms with Crippen molar-refractivity contribution in [2.45, 2.75) is 34.1 Å². The Morgan fingerprint density at radius 3 is 2.54 bits per heavy atom. The van der Waals surface area contributed by atoms with Crippen LogP contribution in [0.2, 0.25) is 5.02 Å². The van der Waals surface area contributed by atoms with Gasteiger partial charge in [-0.05, 0) is 73.0 Å². The molecule has 2 aromatic carbocycles. The Bertz CT molecular complexity index is 1280. The Morgan fingerprint density at radius 1 is 1.08 bits per heavy atom. The van der Waals surface area contributed by atoms with Crippen LogP contribution in [0.3, 0.4) is 0 Å². The number of hydrogen-bond acceptors (Lipinski definition) is 8. The molecule has 0 aliphatic carbocycles. The molecule has 1 aliphatic rings. The lowest BCUT2D eigenvalue weighted by Crippen LogP contribution is -2.36. The van der Waals surface area contributed by atoms with Crippen molar-refractivity contribution in [1.82, 2.24) is 4.90 Å². The van der Waals surface area contributed by atoms with Crippen LogP contribution in [-0.4, -0.2) is 54.3 Å². The average Bonchev–Trinajstić information content (AvgIpc) is 3.15. The van der Waals surface area contributed by atoms with Gasteiger partial charge in [0.15, 0.2) is 11.5 Å². The number of ether oxygens (including phenoxy) is 3. The summed E-state index contributed by atoms with van der Waals surface area (Å²) in [6.45, 7) is 8.52. The van der Waals surface area contributed by atoms with Crippen LogP contribution in [0, 0.1) is 5.92 Å². The third-order valence-corrected chi connectivity index (χ3v) is 6.46. The van der Waals surface area contributed by atoms with Crippen molar-refractivity contribution in [3.63, 3.8) is 0 Å². The number of carbonyl (C=O) groups excluding carboxylic acids is 4. The van der Waals surface area contributed by atoms with Gasteiger partial charge in [0.1, 0.15) is 6.54 Å². The number of nitrogens with one attached hydrogen (secondary N) is 1. The standard InChI is InChI=1S/C28H31ClN2O7S/c1-5-11-37-27(34)20-14-19(8-9-21(20)29)30-25(32)15-31-26(33)24(39-28(31)35)13-18-7-10-22(38-16-17(3)4)23(12-18)36-6-2/h7-10,12-14,17H,5-6,11,15-16H2,1-4H3,(H,30,32)/b24-13-. The lowest BCUT2D eigenvalue weighted by atomic mass is 10.1. The maximum Gasteiger partial charge on any atom is 0.339 e. The Kier molecular flexibility index (Phi) is 10.8. The maximum absolute atomic E-state index is 13.0. The first-order valence-electron chi connectivity index (χ1n) is 12.5. The Morgan fingerprint density at radius 2 is 1.85 bits per heavy atom. The van der Waals surface area contributed by atoms with E-state index in [1.807, 2.05) is 27.7 Å². The van der Waals surface area contributed by atoms with E-state index in [4.69, 9.17) is 25.8 Å². The normalized spacial score (nSPS) is 14.2. The molecule has 2 aromatic rings. The molecule has 0 saturated carbocycles. The predicted octanol–water partition coefficient (Wildman–Crippen LogP) is 6.02. The first-order chi connectivity index (χ1) is 18.6. The van der Waals surface area contributed by atoms with Crippen LogP contribution in [0.15, 0.2) is 41.3 Å². The van der Waals surface area contributed by atoms with Crippen molar-refractivity contribution < 1.29 is 33.4 Å². The summed E-state index contributed by atoms with van der Waals surface area (Å²) in [5.41, 5.74) is 1.02. The van der Waals surface area contributed by atoms with Crippen LogP contribution in [0.5, 0.6) is 11.5 Å². The van der Waals surface area contributed by atoms with Gasteiger partial charge in [-0.15, -0.1) is 0 Å². The molecule has 0 aromatic heterocycles. The molecule has 3 rings (SSSR count). The number of hydrogen-bond donors (Lipinski definition) is 1. The Balaban J connectivity index is 1.69. The van der Waals surface area contributed by atoms with Gasteiger partial charge >= 0.3 is 5.97 Å². The summed E-state index contributed by atoms with van der Waals surface area (Å²) in [6.07, 6.45) is 2.22. The number of esters is 1. The molecule has 1 fully saturated rings. The van der Waals surface area contributed by atoms with E-state index in [1.165, 1.54) is 18.2 Å². The molecule has 1 aliphatic heterocycles. The molecule has 0 bridgehead atoms. The second-order valence-electron chi connectivity index (χ2n) is 8.99. The van der Waals surface area contributed by atoms with Crippen LogP contribution < -0.4 is 14.8 Å². The van der Waals surface area contributed by atoms with Crippen molar-refractivity contribution in [3.8, 4) is 11.5 Å². The fraction of sp³-hybridized carbons (Fsp3) is 0.357. The summed E-state index contributed by atoms with van der Waals surface area (Å²) in [5, 5.41) is 2.20. The summed E-state index contributed by atoms with van der Waals surface area (Å²) in [5.74, 6) is -0.340. The maximum atomic E-state index is 13.0. The molecule has 0 unspecified atom stereocenters. The monoisotopic (exact) mass is 574 g/mol. The highest BCUT2D eigenvalue weighted by Gasteiger charge is 2.36. The molecule has 0 spiro atoms. The van der Waals surface area contributed by atoms with Crippen LogP contribution in [0.25, 0.3) is 6.08 Å². The van der Waals surface area contributed by atoms with Crippen molar-refractivity contribution in [3.05, 3.63) is 57.5 Å². The summed E-state index contributed by atoms with van der Waals surface area (Å²) in [4.78, 5) is 51.4. The van der Waals surface area contributed by atoms with Gasteiger partial charge in [-0.3, -0.25) is 19.3 Å². The molecule has 3 amide bonds. The van der Waals surface area contributed by atoms with Gasteiger partial charge in [-0.1, -0.05) is 38.4 Å². The largest absolute Gasteiger partial charge is 0.490 e. The minimum absolute atomic E-state index is 0.101. The van der Waals surface area contributed by atoms with E-state index in [2.05, 4.69) is 5.32 Å². The second kappa shape index (κ2) is 14.0. The van der Waals surface area contributed by atoms with E-state index >= 15 is 0 Å². The Hall–Kier alpha value is -3.50. The second-order valence-corrected chi connectivity index (χ2v) is 10.4. The zero-order chi connectivity index (χ0) is 28.5. The first kappa shape index (κ1) is 30.0. The molecule has 11 heteroatoms. The van der Waals surface area contributed by atoms with E-state index in [0.29, 0.717) is 42.6 Å². The Labute approximate surface area is 236 Å². The first-order valence-corrected chi connectivity index (χ1v) is 13.7. The third-order valence-electron chi connectivity index (χ3n) is 5.22. The zero-order valence-electron chi connectivity index (χ0n) is 22.2. The number of imide groups is 1. The lowest BCUT2D eigenvalue weighted by Gasteiger charge is -2.14. The molecular weight excluding hydrogens is 544 g/mol. The van der Waals surface area contributed by atoms with Gasteiger partial charge in [-0.25, -0.2) is 4.79 Å². The average molecular weight is 575 g/mol. The van der Waals surface area contributed by atoms with Crippen LogP contribution in [-0.2, 0) is 14.3 Å². The molecule has 0 atom stereocenters. The van der Waals surface area contributed by atoms with Crippen LogP contribution in [0.4, 0.5) is 10.5 Å². The molecule has 0 radical (unpaired) electrons. The molecule has 9 nitrogen and oxygen atoms in total. The predicted molar refractivity (Wildman–Crippen MR) is 151 cm³/mol. The van der Waals surface area contributed by atoms with E-state index in [-0.39, 0.29) is 27.8 Å². The van der Waals surface area contributed by atoms with E-state index in [0.717, 1.165) is 16.7 Å². The van der Waals surface area contributed by atoms with E-state index in [1.54, 1.807) is 24.3 Å². The molecule has 39 heavy (non-hydrogen) atoms. The van der Waals surface area contributed by atoms with Crippen molar-refractivity contribution in [1.29, 1.82) is 0 Å². The highest BCUT2D eigenvalue weighted by molar-refractivity contribution is 8.18. The number of benzene rings is 2. The molecular formula is C28H31ClN2O7S. The van der Waals surface area contributed by atoms with Gasteiger partial charge in [-0.2, -0.15) is 0 Å². The fourth-order valence-corrected chi connectivity index (χ4v) is 4.46.